The SMILES string of the molecule is NCC(=O)c1ccc(C(F)F)c(F)c1. The average Bonchev–Trinajstić information content (AvgIpc) is 2.15. The van der Waals surface area contributed by atoms with Crippen molar-refractivity contribution in [1.82, 2.24) is 0 Å². The summed E-state index contributed by atoms with van der Waals surface area (Å²) in [6.07, 6.45) is -2.88. The van der Waals surface area contributed by atoms with E-state index in [1.807, 2.05) is 0 Å². The second-order valence-electron chi connectivity index (χ2n) is 2.66. The zero-order chi connectivity index (χ0) is 10.7. The zero-order valence-corrected chi connectivity index (χ0v) is 7.14. The van der Waals surface area contributed by atoms with Crippen LogP contribution in [0.25, 0.3) is 0 Å². The number of rotatable bonds is 3. The first-order chi connectivity index (χ1) is 6.56. The Morgan fingerprint density at radius 1 is 1.43 bits per heavy atom. The van der Waals surface area contributed by atoms with E-state index >= 15 is 0 Å². The molecule has 0 aliphatic heterocycles. The minimum Gasteiger partial charge on any atom is -0.324 e. The Balaban J connectivity index is 3.06. The average molecular weight is 203 g/mol. The van der Waals surface area contributed by atoms with E-state index in [-0.39, 0.29) is 12.1 Å². The Hall–Kier alpha value is -1.36. The topological polar surface area (TPSA) is 43.1 Å². The van der Waals surface area contributed by atoms with E-state index in [1.54, 1.807) is 0 Å². The molecule has 2 N–H and O–H groups in total. The van der Waals surface area contributed by atoms with Gasteiger partial charge in [-0.2, -0.15) is 0 Å². The zero-order valence-electron chi connectivity index (χ0n) is 7.14. The molecule has 0 saturated carbocycles. The van der Waals surface area contributed by atoms with Gasteiger partial charge in [0, 0.05) is 5.56 Å². The van der Waals surface area contributed by atoms with Gasteiger partial charge >= 0.3 is 0 Å². The monoisotopic (exact) mass is 203 g/mol. The standard InChI is InChI=1S/C9H8F3NO/c10-7-3-5(8(14)4-13)1-2-6(7)9(11)12/h1-3,9H,4,13H2. The van der Waals surface area contributed by atoms with E-state index in [4.69, 9.17) is 5.73 Å². The Morgan fingerprint density at radius 3 is 2.50 bits per heavy atom. The van der Waals surface area contributed by atoms with Gasteiger partial charge in [-0.15, -0.1) is 0 Å². The molecule has 0 radical (unpaired) electrons. The van der Waals surface area contributed by atoms with E-state index < -0.39 is 23.6 Å². The molecule has 0 amide bonds. The molecule has 5 heteroatoms. The van der Waals surface area contributed by atoms with Crippen LogP contribution < -0.4 is 5.73 Å². The predicted octanol–water partition coefficient (Wildman–Crippen LogP) is 1.90. The summed E-state index contributed by atoms with van der Waals surface area (Å²) >= 11 is 0. The van der Waals surface area contributed by atoms with Gasteiger partial charge in [-0.3, -0.25) is 4.79 Å². The molecule has 0 aromatic heterocycles. The van der Waals surface area contributed by atoms with Crippen molar-refractivity contribution < 1.29 is 18.0 Å². The van der Waals surface area contributed by atoms with Crippen LogP contribution in [0.2, 0.25) is 0 Å². The Morgan fingerprint density at radius 2 is 2.07 bits per heavy atom. The summed E-state index contributed by atoms with van der Waals surface area (Å²) < 4.78 is 37.1. The molecule has 1 aromatic carbocycles. The van der Waals surface area contributed by atoms with E-state index in [0.29, 0.717) is 0 Å². The van der Waals surface area contributed by atoms with Gasteiger partial charge in [0.15, 0.2) is 5.78 Å². The van der Waals surface area contributed by atoms with Crippen molar-refractivity contribution in [2.75, 3.05) is 6.54 Å². The molecule has 0 saturated heterocycles. The molecular formula is C9H8F3NO. The molecule has 14 heavy (non-hydrogen) atoms. The van der Waals surface area contributed by atoms with Crippen LogP contribution in [-0.2, 0) is 0 Å². The van der Waals surface area contributed by atoms with Crippen molar-refractivity contribution in [3.63, 3.8) is 0 Å². The van der Waals surface area contributed by atoms with Crippen molar-refractivity contribution in [3.05, 3.63) is 35.1 Å². The normalized spacial score (nSPS) is 10.6. The van der Waals surface area contributed by atoms with Gasteiger partial charge in [-0.25, -0.2) is 13.2 Å². The fourth-order valence-electron chi connectivity index (χ4n) is 0.995. The van der Waals surface area contributed by atoms with Gasteiger partial charge in [0.05, 0.1) is 12.1 Å². The largest absolute Gasteiger partial charge is 0.324 e. The van der Waals surface area contributed by atoms with Gasteiger partial charge < -0.3 is 5.73 Å². The molecule has 0 atom stereocenters. The summed E-state index contributed by atoms with van der Waals surface area (Å²) in [5.41, 5.74) is 4.33. The smallest absolute Gasteiger partial charge is 0.266 e. The molecular weight excluding hydrogens is 195 g/mol. The summed E-state index contributed by atoms with van der Waals surface area (Å²) in [7, 11) is 0. The summed E-state index contributed by atoms with van der Waals surface area (Å²) in [6, 6.07) is 2.80. The van der Waals surface area contributed by atoms with E-state index in [2.05, 4.69) is 0 Å². The van der Waals surface area contributed by atoms with Crippen molar-refractivity contribution >= 4 is 5.78 Å². The number of halogens is 3. The summed E-state index contributed by atoms with van der Waals surface area (Å²) in [5, 5.41) is 0. The number of alkyl halides is 2. The third kappa shape index (κ3) is 2.11. The van der Waals surface area contributed by atoms with Crippen LogP contribution in [0, 0.1) is 5.82 Å². The van der Waals surface area contributed by atoms with Crippen LogP contribution in [-0.4, -0.2) is 12.3 Å². The van der Waals surface area contributed by atoms with E-state index in [9.17, 15) is 18.0 Å². The third-order valence-corrected chi connectivity index (χ3v) is 1.74. The maximum atomic E-state index is 12.9. The first kappa shape index (κ1) is 10.7. The molecule has 0 spiro atoms. The Kier molecular flexibility index (Phi) is 3.24. The molecule has 0 aliphatic rings. The maximum absolute atomic E-state index is 12.9. The van der Waals surface area contributed by atoms with Gasteiger partial charge in [-0.05, 0) is 12.1 Å². The lowest BCUT2D eigenvalue weighted by molar-refractivity contribution is 0.1000. The lowest BCUT2D eigenvalue weighted by Crippen LogP contribution is -2.13. The van der Waals surface area contributed by atoms with Crippen LogP contribution in [0.5, 0.6) is 0 Å². The number of ketones is 1. The third-order valence-electron chi connectivity index (χ3n) is 1.74. The first-order valence-electron chi connectivity index (χ1n) is 3.87. The first-order valence-corrected chi connectivity index (χ1v) is 3.87. The number of nitrogens with two attached hydrogens (primary N) is 1. The Labute approximate surface area is 78.5 Å². The van der Waals surface area contributed by atoms with Gasteiger partial charge in [0.25, 0.3) is 6.43 Å². The van der Waals surface area contributed by atoms with Crippen LogP contribution >= 0.6 is 0 Å². The summed E-state index contributed by atoms with van der Waals surface area (Å²) in [4.78, 5) is 11.0. The number of carbonyl (C=O) groups excluding carboxylic acids is 1. The highest BCUT2D eigenvalue weighted by Gasteiger charge is 2.14. The molecule has 0 heterocycles. The molecule has 0 fully saturated rings. The number of hydrogen-bond donors (Lipinski definition) is 1. The number of carbonyl (C=O) groups is 1. The highest BCUT2D eigenvalue weighted by atomic mass is 19.3. The second-order valence-corrected chi connectivity index (χ2v) is 2.66. The molecule has 0 bridgehead atoms. The Bertz CT molecular complexity index is 352. The number of Topliss-reactive ketones (excluding diaryl/α,β-unsaturated/α-hetero) is 1. The minimum atomic E-state index is -2.88. The van der Waals surface area contributed by atoms with E-state index in [1.165, 1.54) is 0 Å². The fraction of sp³-hybridized carbons (Fsp3) is 0.222. The molecule has 0 unspecified atom stereocenters. The van der Waals surface area contributed by atoms with Crippen molar-refractivity contribution in [3.8, 4) is 0 Å². The van der Waals surface area contributed by atoms with Crippen molar-refractivity contribution in [2.45, 2.75) is 6.43 Å². The summed E-state index contributed by atoms with van der Waals surface area (Å²) in [5.74, 6) is -1.57. The molecule has 1 rings (SSSR count). The van der Waals surface area contributed by atoms with Gasteiger partial charge in [0.1, 0.15) is 5.82 Å². The number of hydrogen-bond acceptors (Lipinski definition) is 2. The second kappa shape index (κ2) is 4.23. The van der Waals surface area contributed by atoms with Crippen LogP contribution in [0.15, 0.2) is 18.2 Å². The number of benzene rings is 1. The highest BCUT2D eigenvalue weighted by Crippen LogP contribution is 2.22. The molecule has 2 nitrogen and oxygen atoms in total. The van der Waals surface area contributed by atoms with Crippen LogP contribution in [0.4, 0.5) is 13.2 Å². The minimum absolute atomic E-state index is 0.00870. The van der Waals surface area contributed by atoms with Gasteiger partial charge in [0.2, 0.25) is 0 Å². The van der Waals surface area contributed by atoms with E-state index in [0.717, 1.165) is 18.2 Å². The fourth-order valence-corrected chi connectivity index (χ4v) is 0.995. The van der Waals surface area contributed by atoms with Crippen LogP contribution in [0.1, 0.15) is 22.3 Å². The summed E-state index contributed by atoms with van der Waals surface area (Å²) in [6.45, 7) is -0.270. The molecule has 76 valence electrons. The van der Waals surface area contributed by atoms with Crippen molar-refractivity contribution in [2.24, 2.45) is 5.73 Å². The molecule has 1 aromatic rings. The quantitative estimate of drug-likeness (QED) is 0.762. The van der Waals surface area contributed by atoms with Gasteiger partial charge in [-0.1, -0.05) is 6.07 Å². The highest BCUT2D eigenvalue weighted by molar-refractivity contribution is 5.97. The lowest BCUT2D eigenvalue weighted by Gasteiger charge is -2.03. The van der Waals surface area contributed by atoms with Crippen LogP contribution in [0.3, 0.4) is 0 Å². The maximum Gasteiger partial charge on any atom is 0.266 e. The predicted molar refractivity (Wildman–Crippen MR) is 44.7 cm³/mol. The lowest BCUT2D eigenvalue weighted by atomic mass is 10.1. The molecule has 0 aliphatic carbocycles. The van der Waals surface area contributed by atoms with Crippen molar-refractivity contribution in [1.29, 1.82) is 0 Å².